The molecule has 0 fully saturated rings. The van der Waals surface area contributed by atoms with Crippen LogP contribution in [-0.2, 0) is 9.47 Å². The molecular weight excluding hydrogens is 462 g/mol. The van der Waals surface area contributed by atoms with Crippen LogP contribution in [0.3, 0.4) is 0 Å². The zero-order valence-electron chi connectivity index (χ0n) is 20.7. The molecule has 0 heterocycles. The molecule has 2 amide bonds. The van der Waals surface area contributed by atoms with Crippen molar-refractivity contribution in [3.63, 3.8) is 0 Å². The Morgan fingerprint density at radius 1 is 0.722 bits per heavy atom. The molecule has 2 N–H and O–H groups in total. The highest BCUT2D eigenvalue weighted by molar-refractivity contribution is 5.85. The highest BCUT2D eigenvalue weighted by Gasteiger charge is 2.11. The maximum Gasteiger partial charge on any atom is 0.411 e. The molecule has 0 spiro atoms. The summed E-state index contributed by atoms with van der Waals surface area (Å²) in [5.74, 6) is 1.39. The fraction of sp³-hybridized carbons (Fsp3) is 0.259. The Hall–Kier alpha value is -4.40. The van der Waals surface area contributed by atoms with Crippen LogP contribution in [0.2, 0.25) is 0 Å². The Morgan fingerprint density at radius 2 is 1.19 bits per heavy atom. The van der Waals surface area contributed by atoms with Gasteiger partial charge in [0.1, 0.15) is 24.7 Å². The molecule has 9 nitrogen and oxygen atoms in total. The lowest BCUT2D eigenvalue weighted by Gasteiger charge is -2.25. The Balaban J connectivity index is 1.49. The second-order valence-corrected chi connectivity index (χ2v) is 7.80. The number of hydrogen-bond donors (Lipinski definition) is 2. The maximum atomic E-state index is 12.2. The highest BCUT2D eigenvalue weighted by atomic mass is 16.6. The van der Waals surface area contributed by atoms with Crippen molar-refractivity contribution in [1.29, 1.82) is 0 Å². The van der Waals surface area contributed by atoms with Crippen molar-refractivity contribution in [2.75, 3.05) is 56.1 Å². The van der Waals surface area contributed by atoms with Gasteiger partial charge in [-0.25, -0.2) is 9.59 Å². The highest BCUT2D eigenvalue weighted by Crippen LogP contribution is 2.18. The molecular formula is C27H31N3O6. The van der Waals surface area contributed by atoms with Gasteiger partial charge in [0.2, 0.25) is 0 Å². The van der Waals surface area contributed by atoms with Crippen molar-refractivity contribution in [3.8, 4) is 11.5 Å². The fourth-order valence-corrected chi connectivity index (χ4v) is 3.35. The van der Waals surface area contributed by atoms with Crippen molar-refractivity contribution in [2.45, 2.75) is 6.92 Å². The number of carbonyl (C=O) groups excluding carboxylic acids is 2. The zero-order chi connectivity index (χ0) is 25.8. The van der Waals surface area contributed by atoms with Crippen molar-refractivity contribution < 1.29 is 28.5 Å². The minimum absolute atomic E-state index is 0.147. The van der Waals surface area contributed by atoms with Gasteiger partial charge in [-0.1, -0.05) is 12.1 Å². The smallest absolute Gasteiger partial charge is 0.411 e. The van der Waals surface area contributed by atoms with E-state index in [0.29, 0.717) is 36.0 Å². The van der Waals surface area contributed by atoms with E-state index in [4.69, 9.17) is 18.9 Å². The van der Waals surface area contributed by atoms with Gasteiger partial charge in [0, 0.05) is 17.1 Å². The van der Waals surface area contributed by atoms with E-state index < -0.39 is 12.2 Å². The molecule has 0 aliphatic rings. The van der Waals surface area contributed by atoms with Crippen LogP contribution in [-0.4, -0.2) is 52.7 Å². The van der Waals surface area contributed by atoms with Crippen molar-refractivity contribution >= 4 is 29.2 Å². The average Bonchev–Trinajstić information content (AvgIpc) is 2.88. The molecule has 9 heteroatoms. The summed E-state index contributed by atoms with van der Waals surface area (Å²) in [5.41, 5.74) is 3.24. The summed E-state index contributed by atoms with van der Waals surface area (Å²) in [6.45, 7) is 3.13. The number of benzene rings is 3. The number of hydrogen-bond acceptors (Lipinski definition) is 7. The number of amides is 2. The standard InChI is InChI=1S/C27H31N3O6/c1-20-5-4-6-23(19-20)30(15-17-35-26(31)28-21-7-11-24(33-2)12-8-21)16-18-36-27(32)29-22-9-13-25(34-3)14-10-22/h4-14,19H,15-18H2,1-3H3,(H,28,31)(H,29,32). The molecule has 3 aromatic carbocycles. The Labute approximate surface area is 210 Å². The van der Waals surface area contributed by atoms with E-state index in [-0.39, 0.29) is 13.2 Å². The first-order chi connectivity index (χ1) is 17.5. The first-order valence-corrected chi connectivity index (χ1v) is 11.4. The summed E-state index contributed by atoms with van der Waals surface area (Å²) in [6.07, 6.45) is -1.11. The molecule has 3 aromatic rings. The van der Waals surface area contributed by atoms with Crippen LogP contribution in [0.5, 0.6) is 11.5 Å². The molecule has 3 rings (SSSR count). The number of ether oxygens (including phenoxy) is 4. The third-order valence-corrected chi connectivity index (χ3v) is 5.23. The predicted octanol–water partition coefficient (Wildman–Crippen LogP) is 5.32. The fourth-order valence-electron chi connectivity index (χ4n) is 3.35. The van der Waals surface area contributed by atoms with Crippen molar-refractivity contribution in [2.24, 2.45) is 0 Å². The Bertz CT molecular complexity index is 1050. The summed E-state index contributed by atoms with van der Waals surface area (Å²) >= 11 is 0. The Kier molecular flexibility index (Phi) is 9.81. The summed E-state index contributed by atoms with van der Waals surface area (Å²) in [6, 6.07) is 21.9. The number of anilines is 3. The second kappa shape index (κ2) is 13.5. The molecule has 0 aliphatic heterocycles. The molecule has 190 valence electrons. The van der Waals surface area contributed by atoms with Gasteiger partial charge in [0.25, 0.3) is 0 Å². The molecule has 0 saturated carbocycles. The normalized spacial score (nSPS) is 10.2. The van der Waals surface area contributed by atoms with Crippen molar-refractivity contribution in [3.05, 3.63) is 78.4 Å². The minimum atomic E-state index is -0.556. The van der Waals surface area contributed by atoms with Gasteiger partial charge in [-0.15, -0.1) is 0 Å². The van der Waals surface area contributed by atoms with Gasteiger partial charge in [0.15, 0.2) is 0 Å². The van der Waals surface area contributed by atoms with Crippen LogP contribution in [0.25, 0.3) is 0 Å². The van der Waals surface area contributed by atoms with Crippen LogP contribution in [0.15, 0.2) is 72.8 Å². The largest absolute Gasteiger partial charge is 0.497 e. The van der Waals surface area contributed by atoms with E-state index >= 15 is 0 Å². The average molecular weight is 494 g/mol. The topological polar surface area (TPSA) is 98.4 Å². The summed E-state index contributed by atoms with van der Waals surface area (Å²) < 4.78 is 20.9. The maximum absolute atomic E-state index is 12.2. The molecule has 0 radical (unpaired) electrons. The molecule has 0 aromatic heterocycles. The molecule has 0 aliphatic carbocycles. The number of carbonyl (C=O) groups is 2. The lowest BCUT2D eigenvalue weighted by atomic mass is 10.2. The monoisotopic (exact) mass is 493 g/mol. The van der Waals surface area contributed by atoms with Gasteiger partial charge < -0.3 is 23.8 Å². The van der Waals surface area contributed by atoms with Crippen LogP contribution < -0.4 is 25.0 Å². The van der Waals surface area contributed by atoms with E-state index in [9.17, 15) is 9.59 Å². The van der Waals surface area contributed by atoms with Gasteiger partial charge >= 0.3 is 12.2 Å². The van der Waals surface area contributed by atoms with E-state index in [1.165, 1.54) is 0 Å². The second-order valence-electron chi connectivity index (χ2n) is 7.80. The quantitative estimate of drug-likeness (QED) is 0.373. The minimum Gasteiger partial charge on any atom is -0.497 e. The first kappa shape index (κ1) is 26.2. The van der Waals surface area contributed by atoms with Gasteiger partial charge in [-0.05, 0) is 73.2 Å². The SMILES string of the molecule is COc1ccc(NC(=O)OCCN(CCOC(=O)Nc2ccc(OC)cc2)c2cccc(C)c2)cc1. The van der Waals surface area contributed by atoms with E-state index in [2.05, 4.69) is 10.6 Å². The number of rotatable bonds is 11. The number of nitrogens with one attached hydrogen (secondary N) is 2. The number of nitrogens with zero attached hydrogens (tertiary/aromatic N) is 1. The summed E-state index contributed by atoms with van der Waals surface area (Å²) in [7, 11) is 3.16. The van der Waals surface area contributed by atoms with E-state index in [1.807, 2.05) is 36.1 Å². The lowest BCUT2D eigenvalue weighted by molar-refractivity contribution is 0.159. The third kappa shape index (κ3) is 8.43. The zero-order valence-corrected chi connectivity index (χ0v) is 20.7. The predicted molar refractivity (Wildman–Crippen MR) is 139 cm³/mol. The van der Waals surface area contributed by atoms with E-state index in [1.54, 1.807) is 62.8 Å². The summed E-state index contributed by atoms with van der Waals surface area (Å²) in [4.78, 5) is 26.4. The van der Waals surface area contributed by atoms with Gasteiger partial charge in [-0.2, -0.15) is 0 Å². The Morgan fingerprint density at radius 3 is 1.61 bits per heavy atom. The molecule has 36 heavy (non-hydrogen) atoms. The van der Waals surface area contributed by atoms with Crippen LogP contribution >= 0.6 is 0 Å². The lowest BCUT2D eigenvalue weighted by Crippen LogP contribution is -2.33. The van der Waals surface area contributed by atoms with Gasteiger partial charge in [0.05, 0.1) is 27.3 Å². The third-order valence-electron chi connectivity index (χ3n) is 5.23. The van der Waals surface area contributed by atoms with Crippen LogP contribution in [0.1, 0.15) is 5.56 Å². The van der Waals surface area contributed by atoms with Crippen LogP contribution in [0, 0.1) is 6.92 Å². The van der Waals surface area contributed by atoms with E-state index in [0.717, 1.165) is 11.3 Å². The first-order valence-electron chi connectivity index (χ1n) is 11.4. The van der Waals surface area contributed by atoms with Crippen molar-refractivity contribution in [1.82, 2.24) is 0 Å². The summed E-state index contributed by atoms with van der Waals surface area (Å²) in [5, 5.41) is 5.37. The molecule has 0 atom stereocenters. The molecule has 0 unspecified atom stereocenters. The number of aryl methyl sites for hydroxylation is 1. The van der Waals surface area contributed by atoms with Crippen LogP contribution in [0.4, 0.5) is 26.7 Å². The van der Waals surface area contributed by atoms with Gasteiger partial charge in [-0.3, -0.25) is 10.6 Å². The molecule has 0 saturated heterocycles. The number of methoxy groups -OCH3 is 2. The molecule has 0 bridgehead atoms.